The largest absolute Gasteiger partial charge is 0.338 e. The molecular formula is C26H34N2O2. The van der Waals surface area contributed by atoms with Crippen molar-refractivity contribution in [3.63, 3.8) is 0 Å². The molecule has 0 bridgehead atoms. The van der Waals surface area contributed by atoms with Gasteiger partial charge in [-0.25, -0.2) is 0 Å². The third-order valence-electron chi connectivity index (χ3n) is 9.49. The monoisotopic (exact) mass is 406 g/mol. The van der Waals surface area contributed by atoms with Crippen molar-refractivity contribution in [2.75, 3.05) is 12.4 Å². The summed E-state index contributed by atoms with van der Waals surface area (Å²) in [4.78, 5) is 27.5. The molecule has 1 N–H and O–H groups in total. The topological polar surface area (TPSA) is 49.4 Å². The van der Waals surface area contributed by atoms with E-state index in [0.717, 1.165) is 37.8 Å². The van der Waals surface area contributed by atoms with Crippen molar-refractivity contribution in [2.45, 2.75) is 58.4 Å². The second-order valence-electron chi connectivity index (χ2n) is 10.6. The predicted molar refractivity (Wildman–Crippen MR) is 119 cm³/mol. The highest BCUT2D eigenvalue weighted by molar-refractivity contribution is 5.93. The normalized spacial score (nSPS) is 42.3. The van der Waals surface area contributed by atoms with E-state index in [1.807, 2.05) is 42.3 Å². The van der Waals surface area contributed by atoms with Gasteiger partial charge in [0.15, 0.2) is 0 Å². The molecule has 3 fully saturated rings. The van der Waals surface area contributed by atoms with Crippen LogP contribution in [-0.4, -0.2) is 29.8 Å². The molecule has 5 rings (SSSR count). The van der Waals surface area contributed by atoms with E-state index in [-0.39, 0.29) is 28.6 Å². The smallest absolute Gasteiger partial charge is 0.246 e. The molecule has 160 valence electrons. The minimum absolute atomic E-state index is 0.0668. The number of anilines is 1. The van der Waals surface area contributed by atoms with Crippen LogP contribution in [-0.2, 0) is 9.59 Å². The lowest BCUT2D eigenvalue weighted by Crippen LogP contribution is -2.59. The Bertz CT molecular complexity index is 880. The van der Waals surface area contributed by atoms with Gasteiger partial charge in [0.2, 0.25) is 11.8 Å². The van der Waals surface area contributed by atoms with Crippen molar-refractivity contribution < 1.29 is 9.59 Å². The van der Waals surface area contributed by atoms with E-state index < -0.39 is 0 Å². The van der Waals surface area contributed by atoms with Gasteiger partial charge in [-0.2, -0.15) is 0 Å². The highest BCUT2D eigenvalue weighted by atomic mass is 16.2. The summed E-state index contributed by atoms with van der Waals surface area (Å²) in [5, 5.41) is 3.18. The van der Waals surface area contributed by atoms with Gasteiger partial charge in [-0.1, -0.05) is 38.1 Å². The fourth-order valence-corrected chi connectivity index (χ4v) is 7.92. The third kappa shape index (κ3) is 2.79. The Balaban J connectivity index is 1.38. The fourth-order valence-electron chi connectivity index (χ4n) is 7.92. The Labute approximate surface area is 180 Å². The summed E-state index contributed by atoms with van der Waals surface area (Å²) in [6.45, 7) is 4.77. The number of nitrogens with zero attached hydrogens (tertiary/aromatic N) is 1. The number of likely N-dealkylation sites (N-methyl/N-ethyl adjacent to an activating group) is 1. The average molecular weight is 407 g/mol. The van der Waals surface area contributed by atoms with E-state index in [9.17, 15) is 9.59 Å². The fraction of sp³-hybridized carbons (Fsp3) is 0.615. The molecule has 4 heteroatoms. The number of benzene rings is 1. The Morgan fingerprint density at radius 1 is 1.03 bits per heavy atom. The number of fused-ring (bicyclic) bond motifs is 5. The molecule has 0 spiro atoms. The summed E-state index contributed by atoms with van der Waals surface area (Å²) >= 11 is 0. The number of carbonyl (C=O) groups excluding carboxylic acids is 2. The standard InChI is InChI=1S/C26H34N2O2/c1-25-15-13-20-18(9-12-22-26(20,2)16-14-23(29)28(22)3)19(25)10-11-21(25)24(30)27-17-7-5-4-6-8-17/h4-8,14,16,18-22H,9-13,15H2,1-3H3,(H,27,30)/t18?,19?,20?,21?,22-,25+,26-/m1/s1. The highest BCUT2D eigenvalue weighted by Gasteiger charge is 2.61. The first kappa shape index (κ1) is 19.8. The number of nitrogens with one attached hydrogen (secondary N) is 1. The molecule has 3 aliphatic carbocycles. The van der Waals surface area contributed by atoms with E-state index in [1.165, 1.54) is 6.42 Å². The molecular weight excluding hydrogens is 372 g/mol. The van der Waals surface area contributed by atoms with Gasteiger partial charge in [0.05, 0.1) is 0 Å². The maximum absolute atomic E-state index is 13.2. The lowest BCUT2D eigenvalue weighted by atomic mass is 9.47. The van der Waals surface area contributed by atoms with E-state index >= 15 is 0 Å². The van der Waals surface area contributed by atoms with Crippen molar-refractivity contribution in [3.05, 3.63) is 42.5 Å². The Hall–Kier alpha value is -2.10. The van der Waals surface area contributed by atoms with Crippen LogP contribution in [0.3, 0.4) is 0 Å². The molecule has 3 saturated carbocycles. The Morgan fingerprint density at radius 3 is 2.57 bits per heavy atom. The number of hydrogen-bond donors (Lipinski definition) is 1. The lowest BCUT2D eigenvalue weighted by molar-refractivity contribution is -0.141. The van der Waals surface area contributed by atoms with Crippen LogP contribution in [0.4, 0.5) is 5.69 Å². The number of rotatable bonds is 2. The van der Waals surface area contributed by atoms with Crippen LogP contribution in [0.5, 0.6) is 0 Å². The van der Waals surface area contributed by atoms with Gasteiger partial charge in [-0.3, -0.25) is 9.59 Å². The number of carbonyl (C=O) groups is 2. The molecule has 0 saturated heterocycles. The average Bonchev–Trinajstić information content (AvgIpc) is 3.09. The second-order valence-corrected chi connectivity index (χ2v) is 10.6. The Kier molecular flexibility index (Phi) is 4.61. The van der Waals surface area contributed by atoms with Crippen LogP contribution in [0.2, 0.25) is 0 Å². The van der Waals surface area contributed by atoms with Gasteiger partial charge >= 0.3 is 0 Å². The summed E-state index contributed by atoms with van der Waals surface area (Å²) < 4.78 is 0. The molecule has 30 heavy (non-hydrogen) atoms. The summed E-state index contributed by atoms with van der Waals surface area (Å²) in [6.07, 6.45) is 10.7. The summed E-state index contributed by atoms with van der Waals surface area (Å²) in [7, 11) is 1.97. The lowest BCUT2D eigenvalue weighted by Gasteiger charge is -2.60. The van der Waals surface area contributed by atoms with Gasteiger partial charge in [-0.05, 0) is 79.9 Å². The molecule has 2 amide bonds. The number of hydrogen-bond acceptors (Lipinski definition) is 2. The van der Waals surface area contributed by atoms with Crippen LogP contribution in [0.15, 0.2) is 42.5 Å². The first-order valence-electron chi connectivity index (χ1n) is 11.7. The zero-order valence-corrected chi connectivity index (χ0v) is 18.4. The summed E-state index contributed by atoms with van der Waals surface area (Å²) in [5.41, 5.74) is 1.05. The van der Waals surface area contributed by atoms with E-state index in [1.54, 1.807) is 6.08 Å². The van der Waals surface area contributed by atoms with Crippen LogP contribution < -0.4 is 5.32 Å². The highest BCUT2D eigenvalue weighted by Crippen LogP contribution is 2.65. The maximum atomic E-state index is 13.2. The molecule has 1 aliphatic heterocycles. The zero-order valence-electron chi connectivity index (χ0n) is 18.4. The van der Waals surface area contributed by atoms with Crippen molar-refractivity contribution in [3.8, 4) is 0 Å². The zero-order chi connectivity index (χ0) is 21.1. The molecule has 1 heterocycles. The van der Waals surface area contributed by atoms with Gasteiger partial charge in [0.1, 0.15) is 0 Å². The van der Waals surface area contributed by atoms with Gasteiger partial charge in [0.25, 0.3) is 0 Å². The molecule has 7 atom stereocenters. The molecule has 1 aromatic carbocycles. The van der Waals surface area contributed by atoms with Crippen LogP contribution in [0.1, 0.15) is 52.4 Å². The first-order chi connectivity index (χ1) is 14.3. The van der Waals surface area contributed by atoms with Crippen molar-refractivity contribution in [1.82, 2.24) is 4.90 Å². The van der Waals surface area contributed by atoms with Gasteiger partial charge in [-0.15, -0.1) is 0 Å². The summed E-state index contributed by atoms with van der Waals surface area (Å²) in [6, 6.07) is 10.2. The van der Waals surface area contributed by atoms with Gasteiger partial charge in [0, 0.05) is 30.1 Å². The minimum Gasteiger partial charge on any atom is -0.338 e. The quantitative estimate of drug-likeness (QED) is 0.761. The van der Waals surface area contributed by atoms with Crippen LogP contribution >= 0.6 is 0 Å². The molecule has 4 unspecified atom stereocenters. The molecule has 1 aromatic rings. The molecule has 0 radical (unpaired) electrons. The van der Waals surface area contributed by atoms with E-state index in [0.29, 0.717) is 23.8 Å². The Morgan fingerprint density at radius 2 is 1.80 bits per heavy atom. The van der Waals surface area contributed by atoms with E-state index in [2.05, 4.69) is 25.2 Å². The molecule has 4 aliphatic rings. The first-order valence-corrected chi connectivity index (χ1v) is 11.7. The maximum Gasteiger partial charge on any atom is 0.246 e. The predicted octanol–water partition coefficient (Wildman–Crippen LogP) is 4.88. The van der Waals surface area contributed by atoms with Crippen molar-refractivity contribution in [2.24, 2.45) is 34.5 Å². The van der Waals surface area contributed by atoms with Crippen LogP contribution in [0.25, 0.3) is 0 Å². The van der Waals surface area contributed by atoms with Crippen molar-refractivity contribution in [1.29, 1.82) is 0 Å². The van der Waals surface area contributed by atoms with Gasteiger partial charge < -0.3 is 10.2 Å². The van der Waals surface area contributed by atoms with Crippen molar-refractivity contribution >= 4 is 17.5 Å². The van der Waals surface area contributed by atoms with Crippen LogP contribution in [0, 0.1) is 34.5 Å². The number of amides is 2. The molecule has 0 aromatic heterocycles. The summed E-state index contributed by atoms with van der Waals surface area (Å²) in [5.74, 6) is 2.32. The third-order valence-corrected chi connectivity index (χ3v) is 9.49. The minimum atomic E-state index is 0.0668. The number of para-hydroxylation sites is 1. The molecule has 4 nitrogen and oxygen atoms in total. The second kappa shape index (κ2) is 6.96. The van der Waals surface area contributed by atoms with E-state index in [4.69, 9.17) is 0 Å². The SMILES string of the molecule is CN1C(=O)C=C[C@]2(C)C3CC[C@]4(C)C(C(=O)Nc5ccccc5)CCC4C3CC[C@@H]12.